The molecule has 2 rings (SSSR count). The SMILES string of the molecule is CCNC(=NCC(C)(C)N1CCOCC1)NCCNC(=O)c1ccccc1Cl. The lowest BCUT2D eigenvalue weighted by Crippen LogP contribution is -2.52. The molecule has 0 atom stereocenters. The molecule has 8 heteroatoms. The van der Waals surface area contributed by atoms with Gasteiger partial charge in [-0.15, -0.1) is 0 Å². The highest BCUT2D eigenvalue weighted by molar-refractivity contribution is 6.33. The molecule has 0 radical (unpaired) electrons. The third-order valence-corrected chi connectivity index (χ3v) is 4.99. The van der Waals surface area contributed by atoms with Crippen LogP contribution in [-0.2, 0) is 4.74 Å². The average Bonchev–Trinajstić information content (AvgIpc) is 2.70. The second kappa shape index (κ2) is 11.2. The molecule has 1 aromatic carbocycles. The molecule has 7 nitrogen and oxygen atoms in total. The van der Waals surface area contributed by atoms with Crippen molar-refractivity contribution in [2.45, 2.75) is 26.3 Å². The molecule has 1 fully saturated rings. The third-order valence-electron chi connectivity index (χ3n) is 4.66. The predicted octanol–water partition coefficient (Wildman–Crippen LogP) is 1.74. The van der Waals surface area contributed by atoms with Gasteiger partial charge in [-0.05, 0) is 32.9 Å². The fraction of sp³-hybridized carbons (Fsp3) is 0.600. The van der Waals surface area contributed by atoms with Crippen LogP contribution >= 0.6 is 11.6 Å². The van der Waals surface area contributed by atoms with Crippen LogP contribution in [0.2, 0.25) is 5.02 Å². The Morgan fingerprint density at radius 1 is 1.18 bits per heavy atom. The smallest absolute Gasteiger partial charge is 0.252 e. The van der Waals surface area contributed by atoms with Crippen LogP contribution in [0.5, 0.6) is 0 Å². The molecule has 156 valence electrons. The van der Waals surface area contributed by atoms with Crippen molar-refractivity contribution in [3.63, 3.8) is 0 Å². The van der Waals surface area contributed by atoms with E-state index in [0.29, 0.717) is 30.2 Å². The Kier molecular flexibility index (Phi) is 9.02. The molecule has 0 aliphatic carbocycles. The molecular formula is C20H32ClN5O2. The number of hydrogen-bond acceptors (Lipinski definition) is 4. The lowest BCUT2D eigenvalue weighted by molar-refractivity contribution is -0.00683. The van der Waals surface area contributed by atoms with E-state index in [1.807, 2.05) is 6.92 Å². The number of halogens is 1. The average molecular weight is 410 g/mol. The Morgan fingerprint density at radius 2 is 1.86 bits per heavy atom. The van der Waals surface area contributed by atoms with Crippen molar-refractivity contribution < 1.29 is 9.53 Å². The topological polar surface area (TPSA) is 78.0 Å². The van der Waals surface area contributed by atoms with Gasteiger partial charge in [-0.3, -0.25) is 14.7 Å². The van der Waals surface area contributed by atoms with Crippen LogP contribution < -0.4 is 16.0 Å². The molecule has 28 heavy (non-hydrogen) atoms. The number of rotatable bonds is 8. The summed E-state index contributed by atoms with van der Waals surface area (Å²) in [6, 6.07) is 7.02. The molecule has 0 spiro atoms. The fourth-order valence-corrected chi connectivity index (χ4v) is 3.20. The van der Waals surface area contributed by atoms with Crippen molar-refractivity contribution in [3.05, 3.63) is 34.9 Å². The van der Waals surface area contributed by atoms with Crippen LogP contribution in [0.1, 0.15) is 31.1 Å². The summed E-state index contributed by atoms with van der Waals surface area (Å²) < 4.78 is 5.44. The normalized spacial score (nSPS) is 15.9. The number of carbonyl (C=O) groups excluding carboxylic acids is 1. The maximum atomic E-state index is 12.2. The second-order valence-corrected chi connectivity index (χ2v) is 7.68. The molecule has 1 heterocycles. The minimum absolute atomic E-state index is 0.0373. The van der Waals surface area contributed by atoms with Gasteiger partial charge in [0, 0.05) is 38.3 Å². The first kappa shape index (κ1) is 22.5. The van der Waals surface area contributed by atoms with Gasteiger partial charge in [0.1, 0.15) is 0 Å². The third kappa shape index (κ3) is 6.96. The number of hydrogen-bond donors (Lipinski definition) is 3. The van der Waals surface area contributed by atoms with E-state index in [0.717, 1.165) is 38.8 Å². The van der Waals surface area contributed by atoms with Crippen LogP contribution in [0, 0.1) is 0 Å². The van der Waals surface area contributed by atoms with Crippen molar-refractivity contribution in [1.82, 2.24) is 20.9 Å². The number of aliphatic imine (C=N–C) groups is 1. The minimum Gasteiger partial charge on any atom is -0.379 e. The van der Waals surface area contributed by atoms with Gasteiger partial charge in [-0.1, -0.05) is 23.7 Å². The van der Waals surface area contributed by atoms with Crippen LogP contribution in [-0.4, -0.2) is 74.8 Å². The number of amides is 1. The summed E-state index contributed by atoms with van der Waals surface area (Å²) in [5.41, 5.74) is 0.446. The van der Waals surface area contributed by atoms with E-state index in [1.165, 1.54) is 0 Å². The van der Waals surface area contributed by atoms with Gasteiger partial charge in [-0.25, -0.2) is 0 Å². The summed E-state index contributed by atoms with van der Waals surface area (Å²) in [5.74, 6) is 0.568. The molecule has 1 aliphatic rings. The van der Waals surface area contributed by atoms with Gasteiger partial charge in [0.2, 0.25) is 0 Å². The first-order valence-corrected chi connectivity index (χ1v) is 10.2. The fourth-order valence-electron chi connectivity index (χ4n) is 2.98. The van der Waals surface area contributed by atoms with Crippen LogP contribution in [0.15, 0.2) is 29.3 Å². The van der Waals surface area contributed by atoms with Gasteiger partial charge in [0.15, 0.2) is 5.96 Å². The lowest BCUT2D eigenvalue weighted by Gasteiger charge is -2.39. The maximum absolute atomic E-state index is 12.2. The number of benzene rings is 1. The predicted molar refractivity (Wildman–Crippen MR) is 114 cm³/mol. The zero-order valence-electron chi connectivity index (χ0n) is 17.1. The van der Waals surface area contributed by atoms with Gasteiger partial charge in [0.05, 0.1) is 30.3 Å². The Balaban J connectivity index is 1.80. The molecule has 1 amide bonds. The first-order valence-electron chi connectivity index (χ1n) is 9.82. The van der Waals surface area contributed by atoms with Crippen LogP contribution in [0.3, 0.4) is 0 Å². The van der Waals surface area contributed by atoms with Gasteiger partial charge >= 0.3 is 0 Å². The number of nitrogens with one attached hydrogen (secondary N) is 3. The second-order valence-electron chi connectivity index (χ2n) is 7.27. The number of guanidine groups is 1. The monoisotopic (exact) mass is 409 g/mol. The van der Waals surface area contributed by atoms with E-state index in [4.69, 9.17) is 21.3 Å². The number of carbonyl (C=O) groups is 1. The summed E-state index contributed by atoms with van der Waals surface area (Å²) in [5, 5.41) is 9.84. The van der Waals surface area contributed by atoms with Crippen molar-refractivity contribution in [2.24, 2.45) is 4.99 Å². The number of nitrogens with zero attached hydrogens (tertiary/aromatic N) is 2. The van der Waals surface area contributed by atoms with Crippen LogP contribution in [0.4, 0.5) is 0 Å². The molecule has 3 N–H and O–H groups in total. The standard InChI is InChI=1S/C20H32ClN5O2/c1-4-22-19(25-15-20(2,3)26-11-13-28-14-12-26)24-10-9-23-18(27)16-7-5-6-8-17(16)21/h5-8H,4,9-15H2,1-3H3,(H,23,27)(H2,22,24,25). The minimum atomic E-state index is -0.178. The summed E-state index contributed by atoms with van der Waals surface area (Å²) in [6.45, 7) is 12.3. The van der Waals surface area contributed by atoms with Crippen molar-refractivity contribution >= 4 is 23.5 Å². The van der Waals surface area contributed by atoms with Crippen molar-refractivity contribution in [3.8, 4) is 0 Å². The summed E-state index contributed by atoms with van der Waals surface area (Å²) >= 11 is 6.05. The van der Waals surface area contributed by atoms with E-state index in [-0.39, 0.29) is 11.4 Å². The van der Waals surface area contributed by atoms with Crippen LogP contribution in [0.25, 0.3) is 0 Å². The Hall–Kier alpha value is -1.83. The zero-order valence-corrected chi connectivity index (χ0v) is 17.8. The molecule has 0 aromatic heterocycles. The highest BCUT2D eigenvalue weighted by Gasteiger charge is 2.28. The molecule has 0 bridgehead atoms. The molecule has 0 unspecified atom stereocenters. The summed E-state index contributed by atoms with van der Waals surface area (Å²) in [7, 11) is 0. The van der Waals surface area contributed by atoms with E-state index >= 15 is 0 Å². The van der Waals surface area contributed by atoms with E-state index in [1.54, 1.807) is 24.3 Å². The van der Waals surface area contributed by atoms with E-state index in [2.05, 4.69) is 34.7 Å². The van der Waals surface area contributed by atoms with E-state index in [9.17, 15) is 4.79 Å². The van der Waals surface area contributed by atoms with E-state index < -0.39 is 0 Å². The highest BCUT2D eigenvalue weighted by Crippen LogP contribution is 2.16. The Bertz CT molecular complexity index is 660. The highest BCUT2D eigenvalue weighted by atomic mass is 35.5. The molecule has 1 aromatic rings. The molecular weight excluding hydrogens is 378 g/mol. The quantitative estimate of drug-likeness (QED) is 0.346. The number of morpholine rings is 1. The Labute approximate surface area is 172 Å². The van der Waals surface area contributed by atoms with Gasteiger partial charge in [-0.2, -0.15) is 0 Å². The molecule has 0 saturated carbocycles. The maximum Gasteiger partial charge on any atom is 0.252 e. The first-order chi connectivity index (χ1) is 13.4. The molecule has 1 aliphatic heterocycles. The van der Waals surface area contributed by atoms with Gasteiger partial charge in [0.25, 0.3) is 5.91 Å². The Morgan fingerprint density at radius 3 is 2.54 bits per heavy atom. The lowest BCUT2D eigenvalue weighted by atomic mass is 10.0. The molecule has 1 saturated heterocycles. The largest absolute Gasteiger partial charge is 0.379 e. The van der Waals surface area contributed by atoms with Gasteiger partial charge < -0.3 is 20.7 Å². The number of ether oxygens (including phenoxy) is 1. The zero-order chi connectivity index (χ0) is 20.4. The summed E-state index contributed by atoms with van der Waals surface area (Å²) in [4.78, 5) is 19.3. The summed E-state index contributed by atoms with van der Waals surface area (Å²) in [6.07, 6.45) is 0. The van der Waals surface area contributed by atoms with Crippen molar-refractivity contribution in [2.75, 3.05) is 52.5 Å². The van der Waals surface area contributed by atoms with Crippen molar-refractivity contribution in [1.29, 1.82) is 0 Å².